The Bertz CT molecular complexity index is 1100. The zero-order valence-electron chi connectivity index (χ0n) is 15.0. The fourth-order valence-corrected chi connectivity index (χ4v) is 5.32. The molecule has 0 unspecified atom stereocenters. The third kappa shape index (κ3) is 2.62. The third-order valence-electron chi connectivity index (χ3n) is 5.32. The van der Waals surface area contributed by atoms with Gasteiger partial charge in [0.05, 0.1) is 22.9 Å². The monoisotopic (exact) mass is 429 g/mol. The van der Waals surface area contributed by atoms with Crippen LogP contribution >= 0.6 is 11.3 Å². The quantitative estimate of drug-likeness (QED) is 0.566. The molecule has 1 saturated heterocycles. The van der Waals surface area contributed by atoms with Crippen molar-refractivity contribution in [1.29, 1.82) is 0 Å². The molecule has 0 spiro atoms. The van der Waals surface area contributed by atoms with Crippen LogP contribution in [0.5, 0.6) is 0 Å². The fourth-order valence-electron chi connectivity index (χ4n) is 4.11. The predicted molar refractivity (Wildman–Crippen MR) is 93.0 cm³/mol. The lowest BCUT2D eigenvalue weighted by molar-refractivity contribution is -0.163. The lowest BCUT2D eigenvalue weighted by atomic mass is 9.77. The van der Waals surface area contributed by atoms with Crippen molar-refractivity contribution in [3.8, 4) is 0 Å². The van der Waals surface area contributed by atoms with E-state index in [1.165, 1.54) is 17.5 Å². The molecule has 2 N–H and O–H groups in total. The Kier molecular flexibility index (Phi) is 4.14. The van der Waals surface area contributed by atoms with Gasteiger partial charge in [-0.25, -0.2) is 9.78 Å². The van der Waals surface area contributed by atoms with Crippen LogP contribution in [-0.2, 0) is 9.59 Å². The van der Waals surface area contributed by atoms with Crippen molar-refractivity contribution in [2.75, 3.05) is 0 Å². The number of ketones is 1. The average Bonchev–Trinajstić information content (AvgIpc) is 3.22. The van der Waals surface area contributed by atoms with Crippen LogP contribution < -0.4 is 0 Å². The number of β-lactam (4-membered cyclic amide) rings is 1. The van der Waals surface area contributed by atoms with Gasteiger partial charge in [0.15, 0.2) is 5.69 Å². The van der Waals surface area contributed by atoms with Gasteiger partial charge in [0, 0.05) is 17.7 Å². The van der Waals surface area contributed by atoms with Gasteiger partial charge in [0.1, 0.15) is 16.9 Å². The Morgan fingerprint density at radius 1 is 1.34 bits per heavy atom. The second-order valence-corrected chi connectivity index (χ2v) is 8.08. The van der Waals surface area contributed by atoms with Crippen LogP contribution in [0.15, 0.2) is 18.2 Å². The number of hydrogen-bond donors (Lipinski definition) is 2. The summed E-state index contributed by atoms with van der Waals surface area (Å²) in [5, 5.41) is 19.5. The highest BCUT2D eigenvalue weighted by atomic mass is 32.1. The highest BCUT2D eigenvalue weighted by Crippen LogP contribution is 2.51. The van der Waals surface area contributed by atoms with Crippen LogP contribution in [0, 0.1) is 11.8 Å². The van der Waals surface area contributed by atoms with Crippen LogP contribution in [0.3, 0.4) is 0 Å². The molecular formula is C17H14F3N3O5S. The summed E-state index contributed by atoms with van der Waals surface area (Å²) in [6.45, 7) is 3.14. The number of thiazole rings is 1. The van der Waals surface area contributed by atoms with Crippen LogP contribution in [0.2, 0.25) is 0 Å². The largest absolute Gasteiger partial charge is 0.477 e. The number of fused-ring (bicyclic) bond motifs is 2. The number of aliphatic hydroxyl groups is 1. The summed E-state index contributed by atoms with van der Waals surface area (Å²) in [4.78, 5) is 40.7. The Hall–Kier alpha value is -2.73. The highest BCUT2D eigenvalue weighted by Gasteiger charge is 2.60. The molecule has 2 aromatic rings. The molecule has 1 amide bonds. The van der Waals surface area contributed by atoms with Gasteiger partial charge in [-0.05, 0) is 6.92 Å². The second kappa shape index (κ2) is 6.13. The number of imidazole rings is 1. The molecule has 0 radical (unpaired) electrons. The number of carboxylic acids is 1. The second-order valence-electron chi connectivity index (χ2n) is 7.05. The lowest BCUT2D eigenvalue weighted by Gasteiger charge is -2.46. The topological polar surface area (TPSA) is 112 Å². The summed E-state index contributed by atoms with van der Waals surface area (Å²) in [6.07, 6.45) is -3.62. The number of Topliss-reactive ketones (excluding diaryl/α,β-unsaturated/α-hetero) is 1. The SMILES string of the molecule is C[C@@H](O)[C@H]1C(=O)N2C(C(=O)O)=C(c3cn4cnc(C(=O)C(F)(F)F)c4s3)[C@H](C)[C@H]12. The van der Waals surface area contributed by atoms with Gasteiger partial charge in [-0.15, -0.1) is 11.3 Å². The first-order chi connectivity index (χ1) is 13.4. The third-order valence-corrected chi connectivity index (χ3v) is 6.47. The van der Waals surface area contributed by atoms with E-state index in [0.29, 0.717) is 4.88 Å². The maximum atomic E-state index is 12.8. The molecule has 0 saturated carbocycles. The number of aliphatic hydroxyl groups excluding tert-OH is 1. The van der Waals surface area contributed by atoms with Crippen molar-refractivity contribution < 1.29 is 37.8 Å². The van der Waals surface area contributed by atoms with Gasteiger partial charge >= 0.3 is 12.1 Å². The van der Waals surface area contributed by atoms with Crippen molar-refractivity contribution in [3.63, 3.8) is 0 Å². The van der Waals surface area contributed by atoms with Gasteiger partial charge in [-0.3, -0.25) is 14.0 Å². The first-order valence-corrected chi connectivity index (χ1v) is 9.33. The van der Waals surface area contributed by atoms with Crippen LogP contribution in [-0.4, -0.2) is 60.5 Å². The smallest absolute Gasteiger partial charge is 0.456 e. The molecule has 2 aromatic heterocycles. The molecule has 4 rings (SSSR count). The van der Waals surface area contributed by atoms with E-state index in [4.69, 9.17) is 0 Å². The summed E-state index contributed by atoms with van der Waals surface area (Å²) < 4.78 is 39.6. The van der Waals surface area contributed by atoms with E-state index in [2.05, 4.69) is 4.98 Å². The normalized spacial score (nSPS) is 25.4. The highest BCUT2D eigenvalue weighted by molar-refractivity contribution is 7.18. The van der Waals surface area contributed by atoms with E-state index in [0.717, 1.165) is 22.6 Å². The first kappa shape index (κ1) is 19.6. The summed E-state index contributed by atoms with van der Waals surface area (Å²) in [5.74, 6) is -5.19. The minimum Gasteiger partial charge on any atom is -0.477 e. The Labute approximate surface area is 164 Å². The molecule has 4 heterocycles. The van der Waals surface area contributed by atoms with Gasteiger partial charge in [-0.2, -0.15) is 13.2 Å². The molecule has 12 heteroatoms. The number of halogens is 3. The number of aliphatic carboxylic acids is 1. The van der Waals surface area contributed by atoms with Crippen molar-refractivity contribution in [2.45, 2.75) is 32.2 Å². The van der Waals surface area contributed by atoms with E-state index in [9.17, 15) is 37.8 Å². The van der Waals surface area contributed by atoms with Crippen LogP contribution in [0.1, 0.15) is 29.2 Å². The number of aromatic nitrogens is 2. The molecule has 0 aromatic carbocycles. The molecule has 0 aliphatic carbocycles. The fraction of sp³-hybridized carbons (Fsp3) is 0.412. The van der Waals surface area contributed by atoms with Crippen LogP contribution in [0.4, 0.5) is 13.2 Å². The summed E-state index contributed by atoms with van der Waals surface area (Å²) in [5.41, 5.74) is -0.748. The Morgan fingerprint density at radius 2 is 2.00 bits per heavy atom. The predicted octanol–water partition coefficient (Wildman–Crippen LogP) is 1.79. The molecule has 0 bridgehead atoms. The molecule has 8 nitrogen and oxygen atoms in total. The number of amides is 1. The van der Waals surface area contributed by atoms with Gasteiger partial charge in [-0.1, -0.05) is 6.92 Å². The molecule has 29 heavy (non-hydrogen) atoms. The average molecular weight is 429 g/mol. The van der Waals surface area contributed by atoms with Crippen molar-refractivity contribution >= 4 is 39.4 Å². The molecule has 4 atom stereocenters. The summed E-state index contributed by atoms with van der Waals surface area (Å²) in [7, 11) is 0. The first-order valence-electron chi connectivity index (χ1n) is 8.52. The molecule has 2 aliphatic heterocycles. The van der Waals surface area contributed by atoms with Gasteiger partial charge in [0.2, 0.25) is 5.91 Å². The van der Waals surface area contributed by atoms with E-state index in [1.54, 1.807) is 6.92 Å². The van der Waals surface area contributed by atoms with E-state index in [-0.39, 0.29) is 16.1 Å². The van der Waals surface area contributed by atoms with E-state index < -0.39 is 53.5 Å². The molecular weight excluding hydrogens is 415 g/mol. The van der Waals surface area contributed by atoms with Crippen molar-refractivity contribution in [3.05, 3.63) is 28.8 Å². The summed E-state index contributed by atoms with van der Waals surface area (Å²) >= 11 is 0.798. The molecule has 2 aliphatic rings. The number of carbonyl (C=O) groups is 3. The minimum absolute atomic E-state index is 0.0700. The zero-order valence-corrected chi connectivity index (χ0v) is 15.8. The van der Waals surface area contributed by atoms with E-state index in [1.807, 2.05) is 0 Å². The standard InChI is InChI=1S/C17H14F3N3O5S/c1-5-8(12(16(27)28)23-11(5)9(6(2)24)14(23)26)7-3-22-4-21-10(15(22)29-7)13(25)17(18,19)20/h3-6,9,11,24H,1-2H3,(H,27,28)/t5-,6+,9+,11+/m0/s1. The number of rotatable bonds is 4. The maximum absolute atomic E-state index is 12.8. The lowest BCUT2D eigenvalue weighted by Crippen LogP contribution is -2.63. The number of carboxylic acid groups (broad SMARTS) is 1. The van der Waals surface area contributed by atoms with Crippen LogP contribution in [0.25, 0.3) is 10.4 Å². The minimum atomic E-state index is -5.09. The van der Waals surface area contributed by atoms with E-state index >= 15 is 0 Å². The molecule has 154 valence electrons. The number of nitrogens with zero attached hydrogens (tertiary/aromatic N) is 3. The van der Waals surface area contributed by atoms with Crippen molar-refractivity contribution in [2.24, 2.45) is 11.8 Å². The Morgan fingerprint density at radius 3 is 2.55 bits per heavy atom. The number of hydrogen-bond acceptors (Lipinski definition) is 6. The van der Waals surface area contributed by atoms with Gasteiger partial charge < -0.3 is 15.1 Å². The Balaban J connectivity index is 1.83. The van der Waals surface area contributed by atoms with Crippen molar-refractivity contribution in [1.82, 2.24) is 14.3 Å². The van der Waals surface area contributed by atoms with Gasteiger partial charge in [0.25, 0.3) is 5.78 Å². The zero-order chi connectivity index (χ0) is 21.4. The summed E-state index contributed by atoms with van der Waals surface area (Å²) in [6, 6.07) is -0.556. The number of alkyl halides is 3. The molecule has 1 fully saturated rings. The number of carbonyl (C=O) groups excluding carboxylic acids is 2. The maximum Gasteiger partial charge on any atom is 0.456 e.